The van der Waals surface area contributed by atoms with Crippen LogP contribution in [0.5, 0.6) is 0 Å². The molecule has 15 heavy (non-hydrogen) atoms. The zero-order valence-corrected chi connectivity index (χ0v) is 8.69. The van der Waals surface area contributed by atoms with Gasteiger partial charge in [0.2, 0.25) is 0 Å². The zero-order chi connectivity index (χ0) is 10.1. The first-order valence-corrected chi connectivity index (χ1v) is 5.57. The van der Waals surface area contributed by atoms with Crippen molar-refractivity contribution in [3.05, 3.63) is 36.2 Å². The Morgan fingerprint density at radius 1 is 1.20 bits per heavy atom. The normalized spacial score (nSPS) is 18.4. The summed E-state index contributed by atoms with van der Waals surface area (Å²) in [5.74, 6) is 0.708. The van der Waals surface area contributed by atoms with Crippen molar-refractivity contribution in [2.45, 2.75) is 18.8 Å². The number of nitrogens with one attached hydrogen (secondary N) is 1. The molecular weight excluding hydrogens is 186 g/mol. The molecule has 2 aromatic heterocycles. The van der Waals surface area contributed by atoms with Crippen LogP contribution >= 0.6 is 0 Å². The van der Waals surface area contributed by atoms with Crippen LogP contribution in [0.3, 0.4) is 0 Å². The van der Waals surface area contributed by atoms with E-state index < -0.39 is 0 Å². The Kier molecular flexibility index (Phi) is 2.18. The maximum atomic E-state index is 4.28. The highest BCUT2D eigenvalue weighted by Gasteiger charge is 2.15. The van der Waals surface area contributed by atoms with E-state index in [-0.39, 0.29) is 0 Å². The number of aromatic nitrogens is 2. The van der Waals surface area contributed by atoms with Crippen LogP contribution in [0.15, 0.2) is 30.6 Å². The molecule has 1 saturated heterocycles. The Morgan fingerprint density at radius 2 is 2.07 bits per heavy atom. The number of hydrogen-bond donors (Lipinski definition) is 1. The number of rotatable bonds is 1. The molecule has 3 heteroatoms. The topological polar surface area (TPSA) is 29.3 Å². The highest BCUT2D eigenvalue weighted by atomic mass is 15.2. The summed E-state index contributed by atoms with van der Waals surface area (Å²) < 4.78 is 1.97. The van der Waals surface area contributed by atoms with Gasteiger partial charge < -0.3 is 5.32 Å². The van der Waals surface area contributed by atoms with E-state index in [1.165, 1.54) is 23.9 Å². The summed E-state index contributed by atoms with van der Waals surface area (Å²) in [6.45, 7) is 2.28. The van der Waals surface area contributed by atoms with Gasteiger partial charge in [0, 0.05) is 12.4 Å². The van der Waals surface area contributed by atoms with Gasteiger partial charge in [-0.05, 0) is 49.5 Å². The lowest BCUT2D eigenvalue weighted by Crippen LogP contribution is -2.26. The molecule has 0 radical (unpaired) electrons. The minimum absolute atomic E-state index is 0.708. The fourth-order valence-electron chi connectivity index (χ4n) is 2.33. The first-order valence-electron chi connectivity index (χ1n) is 5.57. The van der Waals surface area contributed by atoms with Gasteiger partial charge in [-0.3, -0.25) is 0 Å². The number of fused-ring (bicyclic) bond motifs is 1. The lowest BCUT2D eigenvalue weighted by Gasteiger charge is -2.22. The van der Waals surface area contributed by atoms with Crippen molar-refractivity contribution in [1.29, 1.82) is 0 Å². The molecule has 0 unspecified atom stereocenters. The van der Waals surface area contributed by atoms with Gasteiger partial charge in [-0.25, -0.2) is 4.52 Å². The molecule has 0 atom stereocenters. The number of nitrogens with zero attached hydrogens (tertiary/aromatic N) is 2. The summed E-state index contributed by atoms with van der Waals surface area (Å²) >= 11 is 0. The molecule has 3 rings (SSSR count). The van der Waals surface area contributed by atoms with E-state index >= 15 is 0 Å². The summed E-state index contributed by atoms with van der Waals surface area (Å²) in [5, 5.41) is 7.67. The Labute approximate surface area is 89.1 Å². The fraction of sp³-hybridized carbons (Fsp3) is 0.417. The Morgan fingerprint density at radius 3 is 2.93 bits per heavy atom. The molecule has 3 nitrogen and oxygen atoms in total. The SMILES string of the molecule is c1cc2ccc(C3CCNCC3)cn2n1. The second-order valence-electron chi connectivity index (χ2n) is 4.19. The molecule has 1 aliphatic rings. The summed E-state index contributed by atoms with van der Waals surface area (Å²) in [6, 6.07) is 6.43. The van der Waals surface area contributed by atoms with Crippen molar-refractivity contribution in [3.63, 3.8) is 0 Å². The Bertz CT molecular complexity index is 455. The lowest BCUT2D eigenvalue weighted by molar-refractivity contribution is 0.459. The predicted molar refractivity (Wildman–Crippen MR) is 60.0 cm³/mol. The molecule has 1 fully saturated rings. The minimum Gasteiger partial charge on any atom is -0.317 e. The van der Waals surface area contributed by atoms with Crippen LogP contribution in [0, 0.1) is 0 Å². The predicted octanol–water partition coefficient (Wildman–Crippen LogP) is 1.80. The summed E-state index contributed by atoms with van der Waals surface area (Å²) in [6.07, 6.45) is 6.51. The van der Waals surface area contributed by atoms with Crippen molar-refractivity contribution in [2.75, 3.05) is 13.1 Å². The van der Waals surface area contributed by atoms with Crippen molar-refractivity contribution in [2.24, 2.45) is 0 Å². The molecule has 78 valence electrons. The fourth-order valence-corrected chi connectivity index (χ4v) is 2.33. The van der Waals surface area contributed by atoms with Gasteiger partial charge in [0.1, 0.15) is 0 Å². The third-order valence-electron chi connectivity index (χ3n) is 3.23. The van der Waals surface area contributed by atoms with Crippen LogP contribution in [-0.4, -0.2) is 22.7 Å². The molecular formula is C12H15N3. The number of pyridine rings is 1. The summed E-state index contributed by atoms with van der Waals surface area (Å²) in [7, 11) is 0. The average Bonchev–Trinajstić information content (AvgIpc) is 2.77. The van der Waals surface area contributed by atoms with Gasteiger partial charge in [0.15, 0.2) is 0 Å². The first-order chi connectivity index (χ1) is 7.43. The van der Waals surface area contributed by atoms with Crippen LogP contribution in [0.4, 0.5) is 0 Å². The summed E-state index contributed by atoms with van der Waals surface area (Å²) in [5.41, 5.74) is 2.60. The first kappa shape index (κ1) is 8.92. The van der Waals surface area contributed by atoms with Crippen molar-refractivity contribution in [1.82, 2.24) is 14.9 Å². The van der Waals surface area contributed by atoms with E-state index in [1.54, 1.807) is 0 Å². The minimum atomic E-state index is 0.708. The van der Waals surface area contributed by atoms with Crippen molar-refractivity contribution < 1.29 is 0 Å². The van der Waals surface area contributed by atoms with E-state index in [0.29, 0.717) is 5.92 Å². The van der Waals surface area contributed by atoms with Crippen molar-refractivity contribution in [3.8, 4) is 0 Å². The Hall–Kier alpha value is -1.35. The van der Waals surface area contributed by atoms with E-state index in [4.69, 9.17) is 0 Å². The molecule has 0 spiro atoms. The maximum absolute atomic E-state index is 4.28. The molecule has 1 N–H and O–H groups in total. The molecule has 0 saturated carbocycles. The van der Waals surface area contributed by atoms with Gasteiger partial charge in [0.05, 0.1) is 5.52 Å². The van der Waals surface area contributed by atoms with Gasteiger partial charge in [-0.15, -0.1) is 0 Å². The zero-order valence-electron chi connectivity index (χ0n) is 8.69. The lowest BCUT2D eigenvalue weighted by atomic mass is 9.91. The van der Waals surface area contributed by atoms with E-state index in [1.807, 2.05) is 16.8 Å². The largest absolute Gasteiger partial charge is 0.317 e. The third kappa shape index (κ3) is 1.63. The van der Waals surface area contributed by atoms with Gasteiger partial charge in [-0.2, -0.15) is 5.10 Å². The second kappa shape index (κ2) is 3.66. The Balaban J connectivity index is 1.95. The van der Waals surface area contributed by atoms with E-state index in [9.17, 15) is 0 Å². The molecule has 0 bridgehead atoms. The molecule has 0 amide bonds. The molecule has 0 aromatic carbocycles. The smallest absolute Gasteiger partial charge is 0.0661 e. The quantitative estimate of drug-likeness (QED) is 0.762. The monoisotopic (exact) mass is 201 g/mol. The van der Waals surface area contributed by atoms with Gasteiger partial charge in [-0.1, -0.05) is 6.07 Å². The average molecular weight is 201 g/mol. The van der Waals surface area contributed by atoms with Crippen LogP contribution in [0.1, 0.15) is 24.3 Å². The third-order valence-corrected chi connectivity index (χ3v) is 3.23. The van der Waals surface area contributed by atoms with Crippen molar-refractivity contribution >= 4 is 5.52 Å². The second-order valence-corrected chi connectivity index (χ2v) is 4.19. The van der Waals surface area contributed by atoms with Crippen LogP contribution in [-0.2, 0) is 0 Å². The van der Waals surface area contributed by atoms with Gasteiger partial charge >= 0.3 is 0 Å². The van der Waals surface area contributed by atoms with Crippen LogP contribution in [0.2, 0.25) is 0 Å². The standard InChI is InChI=1S/C12H15N3/c1-2-12-5-8-14-15(12)9-11(1)10-3-6-13-7-4-10/h1-2,5,8-10,13H,3-4,6-7H2. The van der Waals surface area contributed by atoms with E-state index in [0.717, 1.165) is 13.1 Å². The van der Waals surface area contributed by atoms with Crippen LogP contribution in [0.25, 0.3) is 5.52 Å². The molecule has 1 aliphatic heterocycles. The van der Waals surface area contributed by atoms with E-state index in [2.05, 4.69) is 28.7 Å². The highest BCUT2D eigenvalue weighted by molar-refractivity contribution is 5.46. The molecule has 3 heterocycles. The van der Waals surface area contributed by atoms with Gasteiger partial charge in [0.25, 0.3) is 0 Å². The molecule has 2 aromatic rings. The highest BCUT2D eigenvalue weighted by Crippen LogP contribution is 2.25. The maximum Gasteiger partial charge on any atom is 0.0661 e. The molecule has 0 aliphatic carbocycles. The summed E-state index contributed by atoms with van der Waals surface area (Å²) in [4.78, 5) is 0. The number of piperidine rings is 1. The number of hydrogen-bond acceptors (Lipinski definition) is 2. The van der Waals surface area contributed by atoms with Crippen LogP contribution < -0.4 is 5.32 Å².